The highest BCUT2D eigenvalue weighted by Crippen LogP contribution is 2.44. The minimum Gasteiger partial charge on any atom is -0.371 e. The number of halogens is 1. The fourth-order valence-corrected chi connectivity index (χ4v) is 7.16. The largest absolute Gasteiger partial charge is 0.371 e. The molecular formula is C27H29ClN4O2S. The highest BCUT2D eigenvalue weighted by molar-refractivity contribution is 7.19. The molecule has 182 valence electrons. The van der Waals surface area contributed by atoms with Crippen molar-refractivity contribution in [3.05, 3.63) is 45.9 Å². The molecule has 6 rings (SSSR count). The molecule has 2 fully saturated rings. The molecule has 0 unspecified atom stereocenters. The van der Waals surface area contributed by atoms with E-state index in [1.807, 2.05) is 12.3 Å². The highest BCUT2D eigenvalue weighted by atomic mass is 35.5. The number of thiophene rings is 1. The number of amides is 2. The Labute approximate surface area is 214 Å². The summed E-state index contributed by atoms with van der Waals surface area (Å²) in [6, 6.07) is 8.34. The minimum absolute atomic E-state index is 0.0851. The van der Waals surface area contributed by atoms with Crippen LogP contribution in [0, 0.1) is 5.92 Å². The third kappa shape index (κ3) is 4.46. The van der Waals surface area contributed by atoms with E-state index >= 15 is 0 Å². The Morgan fingerprint density at radius 1 is 1.06 bits per heavy atom. The second-order valence-corrected chi connectivity index (χ2v) is 11.4. The SMILES string of the molecule is O=C1CCC(=O)N1Cc1cc2nccc(-c3cc(Cl)cc4c3N(CC3CCNCC3)CCC4)c2s1. The number of pyridine rings is 1. The summed E-state index contributed by atoms with van der Waals surface area (Å²) in [5, 5.41) is 4.24. The van der Waals surface area contributed by atoms with Gasteiger partial charge in [0, 0.05) is 58.8 Å². The Hall–Kier alpha value is -2.48. The van der Waals surface area contributed by atoms with Crippen LogP contribution in [0.25, 0.3) is 21.3 Å². The van der Waals surface area contributed by atoms with Crippen LogP contribution < -0.4 is 10.2 Å². The van der Waals surface area contributed by atoms with Crippen molar-refractivity contribution >= 4 is 50.7 Å². The van der Waals surface area contributed by atoms with Crippen molar-refractivity contribution in [3.63, 3.8) is 0 Å². The van der Waals surface area contributed by atoms with Crippen molar-refractivity contribution in [2.75, 3.05) is 31.1 Å². The molecular weight excluding hydrogens is 480 g/mol. The number of nitrogens with one attached hydrogen (secondary N) is 1. The summed E-state index contributed by atoms with van der Waals surface area (Å²) in [6.07, 6.45) is 7.10. The van der Waals surface area contributed by atoms with Gasteiger partial charge in [0.05, 0.1) is 16.8 Å². The highest BCUT2D eigenvalue weighted by Gasteiger charge is 2.30. The van der Waals surface area contributed by atoms with Crippen molar-refractivity contribution in [3.8, 4) is 11.1 Å². The molecule has 0 bridgehead atoms. The average molecular weight is 509 g/mol. The number of likely N-dealkylation sites (tertiary alicyclic amines) is 1. The quantitative estimate of drug-likeness (QED) is 0.490. The number of imide groups is 1. The van der Waals surface area contributed by atoms with E-state index in [1.165, 1.54) is 29.0 Å². The summed E-state index contributed by atoms with van der Waals surface area (Å²) in [4.78, 5) is 33.9. The molecule has 2 aromatic heterocycles. The number of rotatable bonds is 5. The number of anilines is 1. The standard InChI is InChI=1S/C27H29ClN4O2S/c28-19-12-18-2-1-11-31(15-17-5-8-29-9-6-17)26(18)22(13-19)21-7-10-30-23-14-20(35-27(21)23)16-32-24(33)3-4-25(32)34/h7,10,12-14,17,29H,1-6,8-9,11,15-16H2. The number of carbonyl (C=O) groups is 2. The Balaban J connectivity index is 1.40. The first-order valence-electron chi connectivity index (χ1n) is 12.6. The zero-order valence-corrected chi connectivity index (χ0v) is 21.3. The van der Waals surface area contributed by atoms with Crippen LogP contribution in [0.2, 0.25) is 5.02 Å². The van der Waals surface area contributed by atoms with Crippen molar-refractivity contribution in [1.82, 2.24) is 15.2 Å². The summed E-state index contributed by atoms with van der Waals surface area (Å²) in [6.45, 7) is 4.67. The number of hydrogen-bond acceptors (Lipinski definition) is 6. The fraction of sp³-hybridized carbons (Fsp3) is 0.444. The van der Waals surface area contributed by atoms with Gasteiger partial charge in [0.15, 0.2) is 0 Å². The van der Waals surface area contributed by atoms with E-state index in [-0.39, 0.29) is 11.8 Å². The van der Waals surface area contributed by atoms with E-state index < -0.39 is 0 Å². The molecule has 35 heavy (non-hydrogen) atoms. The molecule has 0 aliphatic carbocycles. The first kappa shape index (κ1) is 23.0. The first-order valence-corrected chi connectivity index (χ1v) is 13.8. The van der Waals surface area contributed by atoms with Gasteiger partial charge in [-0.3, -0.25) is 19.5 Å². The van der Waals surface area contributed by atoms with Gasteiger partial charge in [0.2, 0.25) is 11.8 Å². The lowest BCUT2D eigenvalue weighted by molar-refractivity contribution is -0.138. The predicted molar refractivity (Wildman–Crippen MR) is 141 cm³/mol. The topological polar surface area (TPSA) is 65.5 Å². The molecule has 0 spiro atoms. The predicted octanol–water partition coefficient (Wildman–Crippen LogP) is 5.02. The van der Waals surface area contributed by atoms with Crippen LogP contribution >= 0.6 is 22.9 Å². The van der Waals surface area contributed by atoms with Gasteiger partial charge in [0.25, 0.3) is 0 Å². The van der Waals surface area contributed by atoms with Gasteiger partial charge >= 0.3 is 0 Å². The van der Waals surface area contributed by atoms with Crippen LogP contribution in [0.4, 0.5) is 5.69 Å². The first-order chi connectivity index (χ1) is 17.1. The van der Waals surface area contributed by atoms with E-state index in [9.17, 15) is 9.59 Å². The van der Waals surface area contributed by atoms with Gasteiger partial charge in [0.1, 0.15) is 0 Å². The number of benzene rings is 1. The Kier molecular flexibility index (Phi) is 6.25. The summed E-state index contributed by atoms with van der Waals surface area (Å²) >= 11 is 8.28. The summed E-state index contributed by atoms with van der Waals surface area (Å²) in [5.74, 6) is 0.531. The molecule has 5 heterocycles. The lowest BCUT2D eigenvalue weighted by Gasteiger charge is -2.37. The van der Waals surface area contributed by atoms with Gasteiger partial charge < -0.3 is 10.2 Å². The van der Waals surface area contributed by atoms with Crippen LogP contribution in [0.15, 0.2) is 30.5 Å². The van der Waals surface area contributed by atoms with Gasteiger partial charge in [-0.05, 0) is 74.5 Å². The lowest BCUT2D eigenvalue weighted by Crippen LogP contribution is -2.38. The van der Waals surface area contributed by atoms with Crippen molar-refractivity contribution in [2.45, 2.75) is 45.1 Å². The van der Waals surface area contributed by atoms with Crippen molar-refractivity contribution in [1.29, 1.82) is 0 Å². The van der Waals surface area contributed by atoms with Crippen LogP contribution in [0.3, 0.4) is 0 Å². The second kappa shape index (κ2) is 9.52. The van der Waals surface area contributed by atoms with Crippen LogP contribution in [0.1, 0.15) is 42.5 Å². The van der Waals surface area contributed by atoms with E-state index in [4.69, 9.17) is 11.6 Å². The van der Waals surface area contributed by atoms with Crippen LogP contribution in [-0.4, -0.2) is 47.9 Å². The molecule has 3 aliphatic heterocycles. The monoisotopic (exact) mass is 508 g/mol. The number of fused-ring (bicyclic) bond motifs is 2. The second-order valence-electron chi connectivity index (χ2n) is 9.86. The molecule has 0 atom stereocenters. The maximum absolute atomic E-state index is 12.2. The van der Waals surface area contributed by atoms with E-state index in [2.05, 4.69) is 33.4 Å². The minimum atomic E-state index is -0.0851. The number of hydrogen-bond donors (Lipinski definition) is 1. The number of aryl methyl sites for hydroxylation is 1. The Bertz CT molecular complexity index is 1280. The van der Waals surface area contributed by atoms with Gasteiger partial charge in [-0.2, -0.15) is 0 Å². The Morgan fingerprint density at radius 3 is 2.66 bits per heavy atom. The van der Waals surface area contributed by atoms with Gasteiger partial charge in [-0.1, -0.05) is 11.6 Å². The molecule has 3 aromatic rings. The summed E-state index contributed by atoms with van der Waals surface area (Å²) in [5.41, 5.74) is 5.82. The number of nitrogens with zero attached hydrogens (tertiary/aromatic N) is 3. The molecule has 2 saturated heterocycles. The third-order valence-electron chi connectivity index (χ3n) is 7.50. The molecule has 8 heteroatoms. The molecule has 0 radical (unpaired) electrons. The lowest BCUT2D eigenvalue weighted by atomic mass is 9.91. The smallest absolute Gasteiger partial charge is 0.230 e. The summed E-state index contributed by atoms with van der Waals surface area (Å²) in [7, 11) is 0. The van der Waals surface area contributed by atoms with Gasteiger partial charge in [-0.25, -0.2) is 0 Å². The maximum atomic E-state index is 12.2. The molecule has 3 aliphatic rings. The summed E-state index contributed by atoms with van der Waals surface area (Å²) < 4.78 is 1.08. The zero-order chi connectivity index (χ0) is 23.9. The van der Waals surface area contributed by atoms with E-state index in [0.29, 0.717) is 25.3 Å². The molecule has 2 amide bonds. The third-order valence-corrected chi connectivity index (χ3v) is 8.86. The van der Waals surface area contributed by atoms with Crippen molar-refractivity contribution in [2.24, 2.45) is 5.92 Å². The van der Waals surface area contributed by atoms with Crippen molar-refractivity contribution < 1.29 is 9.59 Å². The number of carbonyl (C=O) groups excluding carboxylic acids is 2. The van der Waals surface area contributed by atoms with Gasteiger partial charge in [-0.15, -0.1) is 11.3 Å². The molecule has 0 saturated carbocycles. The van der Waals surface area contributed by atoms with Crippen LogP contribution in [-0.2, 0) is 22.6 Å². The number of aromatic nitrogens is 1. The van der Waals surface area contributed by atoms with Crippen LogP contribution in [0.5, 0.6) is 0 Å². The van der Waals surface area contributed by atoms with E-state index in [0.717, 1.165) is 70.3 Å². The zero-order valence-electron chi connectivity index (χ0n) is 19.7. The fourth-order valence-electron chi connectivity index (χ4n) is 5.79. The molecule has 1 N–H and O–H groups in total. The molecule has 6 nitrogen and oxygen atoms in total. The normalized spacial score (nSPS) is 19.1. The number of piperidine rings is 1. The average Bonchev–Trinajstić information content (AvgIpc) is 3.42. The van der Waals surface area contributed by atoms with E-state index in [1.54, 1.807) is 11.3 Å². The Morgan fingerprint density at radius 2 is 1.86 bits per heavy atom. The molecule has 1 aromatic carbocycles. The maximum Gasteiger partial charge on any atom is 0.230 e.